The zero-order valence-corrected chi connectivity index (χ0v) is 19.0. The molecule has 1 fully saturated rings. The lowest BCUT2D eigenvalue weighted by atomic mass is 10.00. The van der Waals surface area contributed by atoms with Gasteiger partial charge in [-0.3, -0.25) is 4.79 Å². The van der Waals surface area contributed by atoms with Crippen LogP contribution >= 0.6 is 23.1 Å². The molecule has 7 nitrogen and oxygen atoms in total. The predicted molar refractivity (Wildman–Crippen MR) is 128 cm³/mol. The average molecular weight is 469 g/mol. The summed E-state index contributed by atoms with van der Waals surface area (Å²) in [5.74, 6) is -1.37. The second-order valence-corrected chi connectivity index (χ2v) is 9.75. The summed E-state index contributed by atoms with van der Waals surface area (Å²) in [4.78, 5) is 18.2. The van der Waals surface area contributed by atoms with Crippen LogP contribution in [-0.2, 0) is 9.53 Å². The number of fused-ring (bicyclic) bond motifs is 1. The number of para-hydroxylation sites is 1. The molecule has 2 aromatic carbocycles. The number of nitrogens with two attached hydrogens (primary N) is 1. The van der Waals surface area contributed by atoms with Crippen LogP contribution in [0.4, 0.5) is 5.69 Å². The predicted octanol–water partition coefficient (Wildman–Crippen LogP) is 3.63. The van der Waals surface area contributed by atoms with Gasteiger partial charge in [0.1, 0.15) is 17.0 Å². The van der Waals surface area contributed by atoms with Crippen molar-refractivity contribution in [1.29, 1.82) is 5.26 Å². The largest absolute Gasteiger partial charge is 0.480 e. The standard InChI is InChI=1S/C23H24N4O3S2/c24-13-17(22-26-19-3-1-2-4-20(19)32-22)21(31-14-18(25)23(28)29)15-5-7-16(8-6-15)27-9-11-30-12-10-27/h1-8,17-18,21H,9-12,14,25H2,(H,28,29). The van der Waals surface area contributed by atoms with E-state index in [9.17, 15) is 15.2 Å². The number of anilines is 1. The fourth-order valence-electron chi connectivity index (χ4n) is 3.64. The lowest BCUT2D eigenvalue weighted by Crippen LogP contribution is -2.36. The molecule has 4 rings (SSSR count). The van der Waals surface area contributed by atoms with E-state index in [2.05, 4.69) is 23.1 Å². The molecule has 166 valence electrons. The van der Waals surface area contributed by atoms with Crippen molar-refractivity contribution in [3.8, 4) is 6.07 Å². The molecular weight excluding hydrogens is 444 g/mol. The Balaban J connectivity index is 1.63. The summed E-state index contributed by atoms with van der Waals surface area (Å²) in [6.45, 7) is 3.11. The van der Waals surface area contributed by atoms with Crippen molar-refractivity contribution in [3.63, 3.8) is 0 Å². The fraction of sp³-hybridized carbons (Fsp3) is 0.348. The maximum Gasteiger partial charge on any atom is 0.321 e. The molecular formula is C23H24N4O3S2. The number of carbonyl (C=O) groups is 1. The molecule has 1 saturated heterocycles. The minimum Gasteiger partial charge on any atom is -0.480 e. The van der Waals surface area contributed by atoms with Gasteiger partial charge in [0.15, 0.2) is 0 Å². The van der Waals surface area contributed by atoms with Crippen LogP contribution in [0.3, 0.4) is 0 Å². The highest BCUT2D eigenvalue weighted by Gasteiger charge is 2.30. The van der Waals surface area contributed by atoms with Gasteiger partial charge in [0, 0.05) is 24.5 Å². The first-order valence-corrected chi connectivity index (χ1v) is 12.2. The number of nitriles is 1. The van der Waals surface area contributed by atoms with E-state index in [-0.39, 0.29) is 11.0 Å². The van der Waals surface area contributed by atoms with Gasteiger partial charge in [0.05, 0.1) is 34.7 Å². The number of thioether (sulfide) groups is 1. The van der Waals surface area contributed by atoms with E-state index < -0.39 is 17.9 Å². The minimum absolute atomic E-state index is 0.203. The van der Waals surface area contributed by atoms with E-state index in [0.29, 0.717) is 13.2 Å². The number of carboxylic acid groups (broad SMARTS) is 1. The fourth-order valence-corrected chi connectivity index (χ4v) is 6.06. The van der Waals surface area contributed by atoms with Crippen LogP contribution in [0.5, 0.6) is 0 Å². The molecule has 3 aromatic rings. The van der Waals surface area contributed by atoms with Gasteiger partial charge in [-0.2, -0.15) is 5.26 Å². The summed E-state index contributed by atoms with van der Waals surface area (Å²) in [6.07, 6.45) is 0. The summed E-state index contributed by atoms with van der Waals surface area (Å²) in [5.41, 5.74) is 8.70. The first kappa shape index (κ1) is 22.6. The van der Waals surface area contributed by atoms with Crippen LogP contribution in [0, 0.1) is 11.3 Å². The summed E-state index contributed by atoms with van der Waals surface area (Å²) < 4.78 is 6.45. The van der Waals surface area contributed by atoms with Gasteiger partial charge in [-0.15, -0.1) is 23.1 Å². The number of aliphatic carboxylic acids is 1. The minimum atomic E-state index is -1.05. The molecule has 1 aliphatic heterocycles. The third-order valence-corrected chi connectivity index (χ3v) is 7.96. The molecule has 2 heterocycles. The SMILES string of the molecule is N#CC(c1nc2ccccc2s1)C(SCC(N)C(=O)O)c1ccc(N2CCOCC2)cc1. The molecule has 0 amide bonds. The Hall–Kier alpha value is -2.64. The number of nitrogens with zero attached hydrogens (tertiary/aromatic N) is 3. The Labute approximate surface area is 194 Å². The third-order valence-electron chi connectivity index (χ3n) is 5.39. The number of carboxylic acids is 1. The molecule has 9 heteroatoms. The lowest BCUT2D eigenvalue weighted by Gasteiger charge is -2.29. The van der Waals surface area contributed by atoms with Crippen molar-refractivity contribution >= 4 is 45.0 Å². The summed E-state index contributed by atoms with van der Waals surface area (Å²) >= 11 is 2.90. The number of thiazole rings is 1. The topological polar surface area (TPSA) is 112 Å². The molecule has 0 spiro atoms. The van der Waals surface area contributed by atoms with E-state index in [1.165, 1.54) is 23.1 Å². The van der Waals surface area contributed by atoms with Crippen LogP contribution in [0.25, 0.3) is 10.2 Å². The third kappa shape index (κ3) is 5.05. The Kier molecular flexibility index (Phi) is 7.27. The maximum absolute atomic E-state index is 11.3. The Bertz CT molecular complexity index is 1070. The quantitative estimate of drug-likeness (QED) is 0.515. The molecule has 1 aromatic heterocycles. The molecule has 32 heavy (non-hydrogen) atoms. The highest BCUT2D eigenvalue weighted by atomic mass is 32.2. The van der Waals surface area contributed by atoms with Crippen molar-refractivity contribution in [2.24, 2.45) is 5.73 Å². The van der Waals surface area contributed by atoms with Gasteiger partial charge in [0.2, 0.25) is 0 Å². The van der Waals surface area contributed by atoms with Gasteiger partial charge in [-0.25, -0.2) is 4.98 Å². The van der Waals surface area contributed by atoms with Gasteiger partial charge in [-0.1, -0.05) is 24.3 Å². The number of benzene rings is 2. The zero-order valence-electron chi connectivity index (χ0n) is 17.4. The highest BCUT2D eigenvalue weighted by Crippen LogP contribution is 2.44. The molecule has 0 bridgehead atoms. The highest BCUT2D eigenvalue weighted by molar-refractivity contribution is 7.99. The average Bonchev–Trinajstić information content (AvgIpc) is 3.26. The van der Waals surface area contributed by atoms with E-state index >= 15 is 0 Å². The summed E-state index contributed by atoms with van der Waals surface area (Å²) in [5, 5.41) is 19.8. The molecule has 0 aliphatic carbocycles. The van der Waals surface area contributed by atoms with Crippen LogP contribution in [-0.4, -0.2) is 54.2 Å². The Morgan fingerprint density at radius 3 is 2.62 bits per heavy atom. The monoisotopic (exact) mass is 468 g/mol. The first-order chi connectivity index (χ1) is 15.6. The summed E-state index contributed by atoms with van der Waals surface area (Å²) in [7, 11) is 0. The molecule has 3 unspecified atom stereocenters. The number of hydrogen-bond donors (Lipinski definition) is 2. The van der Waals surface area contributed by atoms with Crippen LogP contribution < -0.4 is 10.6 Å². The van der Waals surface area contributed by atoms with E-state index in [1.807, 2.05) is 36.4 Å². The second kappa shape index (κ2) is 10.3. The smallest absolute Gasteiger partial charge is 0.321 e. The van der Waals surface area contributed by atoms with Crippen molar-refractivity contribution in [3.05, 3.63) is 59.1 Å². The molecule has 3 atom stereocenters. The van der Waals surface area contributed by atoms with Crippen LogP contribution in [0.15, 0.2) is 48.5 Å². The summed E-state index contributed by atoms with van der Waals surface area (Å²) in [6, 6.07) is 17.4. The van der Waals surface area contributed by atoms with E-state index in [0.717, 1.165) is 39.6 Å². The van der Waals surface area contributed by atoms with Gasteiger partial charge < -0.3 is 20.5 Å². The molecule has 0 saturated carbocycles. The second-order valence-electron chi connectivity index (χ2n) is 7.52. The van der Waals surface area contributed by atoms with Crippen molar-refractivity contribution in [2.45, 2.75) is 17.2 Å². The normalized spacial score (nSPS) is 16.9. The van der Waals surface area contributed by atoms with Crippen molar-refractivity contribution in [2.75, 3.05) is 37.0 Å². The van der Waals surface area contributed by atoms with Gasteiger partial charge in [0.25, 0.3) is 0 Å². The van der Waals surface area contributed by atoms with Crippen LogP contribution in [0.1, 0.15) is 21.7 Å². The number of rotatable bonds is 8. The van der Waals surface area contributed by atoms with Gasteiger partial charge in [-0.05, 0) is 29.8 Å². The van der Waals surface area contributed by atoms with Gasteiger partial charge >= 0.3 is 5.97 Å². The molecule has 3 N–H and O–H groups in total. The molecule has 0 radical (unpaired) electrons. The van der Waals surface area contributed by atoms with E-state index in [1.54, 1.807) is 0 Å². The first-order valence-electron chi connectivity index (χ1n) is 10.3. The van der Waals surface area contributed by atoms with Crippen molar-refractivity contribution in [1.82, 2.24) is 4.98 Å². The number of morpholine rings is 1. The lowest BCUT2D eigenvalue weighted by molar-refractivity contribution is -0.137. The number of ether oxygens (including phenoxy) is 1. The van der Waals surface area contributed by atoms with E-state index in [4.69, 9.17) is 15.5 Å². The maximum atomic E-state index is 11.3. The Morgan fingerprint density at radius 1 is 1.25 bits per heavy atom. The Morgan fingerprint density at radius 2 is 1.97 bits per heavy atom. The number of aromatic nitrogens is 1. The molecule has 1 aliphatic rings. The zero-order chi connectivity index (χ0) is 22.5. The van der Waals surface area contributed by atoms with Crippen LogP contribution in [0.2, 0.25) is 0 Å². The number of hydrogen-bond acceptors (Lipinski definition) is 8. The van der Waals surface area contributed by atoms with Crippen molar-refractivity contribution < 1.29 is 14.6 Å².